The number of hydrogen-bond acceptors (Lipinski definition) is 2. The molecule has 3 aromatic carbocycles. The van der Waals surface area contributed by atoms with Crippen LogP contribution in [0.3, 0.4) is 0 Å². The van der Waals surface area contributed by atoms with Gasteiger partial charge in [0.05, 0.1) is 10.6 Å². The van der Waals surface area contributed by atoms with Crippen molar-refractivity contribution in [1.29, 1.82) is 0 Å². The molecule has 0 N–H and O–H groups in total. The highest BCUT2D eigenvalue weighted by Crippen LogP contribution is 2.44. The molecule has 0 saturated heterocycles. The van der Waals surface area contributed by atoms with Gasteiger partial charge in [0.25, 0.3) is 0 Å². The number of rotatable bonds is 3. The minimum absolute atomic E-state index is 0.973. The van der Waals surface area contributed by atoms with Crippen LogP contribution in [0, 0.1) is 13.8 Å². The summed E-state index contributed by atoms with van der Waals surface area (Å²) in [4.78, 5) is 7.22. The van der Waals surface area contributed by atoms with Gasteiger partial charge in [-0.3, -0.25) is 4.99 Å². The minimum atomic E-state index is 0.973. The van der Waals surface area contributed by atoms with Crippen molar-refractivity contribution < 1.29 is 0 Å². The maximum atomic E-state index is 4.69. The molecule has 30 heavy (non-hydrogen) atoms. The predicted molar refractivity (Wildman–Crippen MR) is 135 cm³/mol. The van der Waals surface area contributed by atoms with Gasteiger partial charge < -0.3 is 0 Å². The Morgan fingerprint density at radius 3 is 2.33 bits per heavy atom. The van der Waals surface area contributed by atoms with Crippen LogP contribution < -0.4 is 0 Å². The van der Waals surface area contributed by atoms with Crippen LogP contribution in [0.15, 0.2) is 72.3 Å². The fourth-order valence-corrected chi connectivity index (χ4v) is 5.39. The van der Waals surface area contributed by atoms with Gasteiger partial charge in [0.1, 0.15) is 0 Å². The Morgan fingerprint density at radius 1 is 0.900 bits per heavy atom. The van der Waals surface area contributed by atoms with E-state index in [0.29, 0.717) is 0 Å². The zero-order valence-corrected chi connectivity index (χ0v) is 18.1. The lowest BCUT2D eigenvalue weighted by Crippen LogP contribution is -1.89. The molecule has 2 heteroatoms. The number of aliphatic imine (C=N–C) groups is 1. The van der Waals surface area contributed by atoms with Crippen molar-refractivity contribution in [3.63, 3.8) is 0 Å². The second-order valence-corrected chi connectivity index (χ2v) is 8.87. The highest BCUT2D eigenvalue weighted by atomic mass is 32.1. The standard InChI is InChI=1S/C28H23NS/c1-4-16-29-27-18(2)19(3)30-28(27)20-14-15-25-23-11-7-5-6-10-21(23)22-12-8-9-13-24(22)26(25)17-20/h4,6-17H,1,5H2,2-3H3/b29-16-. The molecule has 0 unspecified atom stereocenters. The van der Waals surface area contributed by atoms with E-state index in [2.05, 4.69) is 87.2 Å². The van der Waals surface area contributed by atoms with Crippen LogP contribution in [0.25, 0.3) is 44.1 Å². The van der Waals surface area contributed by atoms with Crippen molar-refractivity contribution in [3.8, 4) is 10.4 Å². The number of allylic oxidation sites excluding steroid dienone is 3. The number of benzene rings is 3. The Hall–Kier alpha value is -3.23. The molecule has 1 aliphatic carbocycles. The highest BCUT2D eigenvalue weighted by Gasteiger charge is 2.16. The van der Waals surface area contributed by atoms with E-state index >= 15 is 0 Å². The summed E-state index contributed by atoms with van der Waals surface area (Å²) in [6.45, 7) is 8.10. The molecule has 0 spiro atoms. The average molecular weight is 406 g/mol. The van der Waals surface area contributed by atoms with Crippen LogP contribution in [-0.4, -0.2) is 6.21 Å². The Balaban J connectivity index is 1.85. The van der Waals surface area contributed by atoms with E-state index in [-0.39, 0.29) is 0 Å². The van der Waals surface area contributed by atoms with Crippen molar-refractivity contribution in [2.75, 3.05) is 0 Å². The fourth-order valence-electron chi connectivity index (χ4n) is 4.29. The zero-order chi connectivity index (χ0) is 20.7. The molecule has 1 nitrogen and oxygen atoms in total. The first-order chi connectivity index (χ1) is 14.7. The Morgan fingerprint density at radius 2 is 1.60 bits per heavy atom. The first-order valence-corrected chi connectivity index (χ1v) is 11.1. The maximum Gasteiger partial charge on any atom is 0.0847 e. The van der Waals surface area contributed by atoms with Gasteiger partial charge in [-0.2, -0.15) is 0 Å². The van der Waals surface area contributed by atoms with E-state index in [1.165, 1.54) is 53.6 Å². The number of thiophene rings is 1. The summed E-state index contributed by atoms with van der Waals surface area (Å²) in [6.07, 6.45) is 13.5. The summed E-state index contributed by atoms with van der Waals surface area (Å²) in [7, 11) is 0. The summed E-state index contributed by atoms with van der Waals surface area (Å²) in [5.41, 5.74) is 6.15. The Bertz CT molecular complexity index is 1400. The lowest BCUT2D eigenvalue weighted by molar-refractivity contribution is 1.40. The molecule has 0 fully saturated rings. The summed E-state index contributed by atoms with van der Waals surface area (Å²) in [5, 5.41) is 5.21. The van der Waals surface area contributed by atoms with Crippen LogP contribution in [0.4, 0.5) is 5.69 Å². The van der Waals surface area contributed by atoms with Crippen molar-refractivity contribution in [2.24, 2.45) is 4.99 Å². The van der Waals surface area contributed by atoms with E-state index in [1.54, 1.807) is 12.3 Å². The molecule has 1 heterocycles. The number of fused-ring (bicyclic) bond motifs is 6. The van der Waals surface area contributed by atoms with E-state index in [4.69, 9.17) is 4.99 Å². The van der Waals surface area contributed by atoms with Gasteiger partial charge in [-0.1, -0.05) is 73.4 Å². The molecule has 1 aromatic heterocycles. The van der Waals surface area contributed by atoms with Crippen LogP contribution >= 0.6 is 11.3 Å². The molecule has 0 atom stereocenters. The normalized spacial score (nSPS) is 13.3. The van der Waals surface area contributed by atoms with Gasteiger partial charge in [0.2, 0.25) is 0 Å². The number of nitrogens with zero attached hydrogens (tertiary/aromatic N) is 1. The SMILES string of the molecule is C=C/C=N\c1c(-c2ccc3c4c(c5ccccc5c3c2)C=CCC=C4)sc(C)c1C. The van der Waals surface area contributed by atoms with Gasteiger partial charge in [-0.05, 0) is 70.1 Å². The molecule has 146 valence electrons. The van der Waals surface area contributed by atoms with E-state index < -0.39 is 0 Å². The van der Waals surface area contributed by atoms with Crippen molar-refractivity contribution in [3.05, 3.63) is 88.8 Å². The largest absolute Gasteiger partial charge is 0.255 e. The van der Waals surface area contributed by atoms with Crippen LogP contribution in [0.1, 0.15) is 28.0 Å². The molecule has 0 amide bonds. The van der Waals surface area contributed by atoms with E-state index in [9.17, 15) is 0 Å². The molecule has 0 radical (unpaired) electrons. The number of hydrogen-bond donors (Lipinski definition) is 0. The van der Waals surface area contributed by atoms with Gasteiger partial charge in [-0.15, -0.1) is 11.3 Å². The summed E-state index contributed by atoms with van der Waals surface area (Å²) >= 11 is 1.82. The lowest BCUT2D eigenvalue weighted by atomic mass is 9.90. The summed E-state index contributed by atoms with van der Waals surface area (Å²) < 4.78 is 0. The van der Waals surface area contributed by atoms with Crippen molar-refractivity contribution in [2.45, 2.75) is 20.3 Å². The van der Waals surface area contributed by atoms with Crippen LogP contribution in [0.5, 0.6) is 0 Å². The van der Waals surface area contributed by atoms with Crippen molar-refractivity contribution >= 4 is 56.9 Å². The van der Waals surface area contributed by atoms with Gasteiger partial charge in [0, 0.05) is 11.1 Å². The minimum Gasteiger partial charge on any atom is -0.255 e. The van der Waals surface area contributed by atoms with Crippen molar-refractivity contribution in [1.82, 2.24) is 0 Å². The third-order valence-electron chi connectivity index (χ3n) is 5.87. The first kappa shape index (κ1) is 18.8. The van der Waals surface area contributed by atoms with Gasteiger partial charge >= 0.3 is 0 Å². The first-order valence-electron chi connectivity index (χ1n) is 10.3. The maximum absolute atomic E-state index is 4.69. The molecule has 0 bridgehead atoms. The van der Waals surface area contributed by atoms with E-state index in [1.807, 2.05) is 11.3 Å². The predicted octanol–water partition coefficient (Wildman–Crippen LogP) is 8.66. The third-order valence-corrected chi connectivity index (χ3v) is 7.12. The molecule has 0 aliphatic heterocycles. The van der Waals surface area contributed by atoms with Gasteiger partial charge in [-0.25, -0.2) is 0 Å². The summed E-state index contributed by atoms with van der Waals surface area (Å²) in [6, 6.07) is 15.6. The molecule has 1 aliphatic rings. The van der Waals surface area contributed by atoms with Crippen LogP contribution in [-0.2, 0) is 0 Å². The quantitative estimate of drug-likeness (QED) is 0.239. The third kappa shape index (κ3) is 2.96. The highest BCUT2D eigenvalue weighted by molar-refractivity contribution is 7.16. The Kier molecular flexibility index (Phi) is 4.72. The zero-order valence-electron chi connectivity index (χ0n) is 17.3. The molecular formula is C28H23NS. The summed E-state index contributed by atoms with van der Waals surface area (Å²) in [5.74, 6) is 0. The molecular weight excluding hydrogens is 382 g/mol. The second kappa shape index (κ2) is 7.55. The molecule has 0 saturated carbocycles. The number of aryl methyl sites for hydroxylation is 1. The Labute approximate surface area is 181 Å². The van der Waals surface area contributed by atoms with Crippen LogP contribution in [0.2, 0.25) is 0 Å². The fraction of sp³-hybridized carbons (Fsp3) is 0.107. The smallest absolute Gasteiger partial charge is 0.0847 e. The lowest BCUT2D eigenvalue weighted by Gasteiger charge is -2.14. The van der Waals surface area contributed by atoms with Gasteiger partial charge in [0.15, 0.2) is 0 Å². The monoisotopic (exact) mass is 405 g/mol. The topological polar surface area (TPSA) is 12.4 Å². The van der Waals surface area contributed by atoms with E-state index in [0.717, 1.165) is 12.1 Å². The second-order valence-electron chi connectivity index (χ2n) is 7.65. The average Bonchev–Trinajstić information content (AvgIpc) is 2.94. The molecule has 4 aromatic rings. The molecule has 5 rings (SSSR count).